The fraction of sp³-hybridized carbons (Fsp3) is 0.217. The van der Waals surface area contributed by atoms with E-state index in [-0.39, 0.29) is 35.7 Å². The van der Waals surface area contributed by atoms with E-state index in [0.29, 0.717) is 17.1 Å². The fourth-order valence-electron chi connectivity index (χ4n) is 2.99. The van der Waals surface area contributed by atoms with E-state index in [1.165, 1.54) is 17.6 Å². The van der Waals surface area contributed by atoms with Crippen LogP contribution in [0.3, 0.4) is 0 Å². The average molecular weight is 536 g/mol. The van der Waals surface area contributed by atoms with Crippen LogP contribution >= 0.6 is 15.9 Å². The first-order valence-electron chi connectivity index (χ1n) is 10.0. The van der Waals surface area contributed by atoms with Crippen LogP contribution in [0.5, 0.6) is 5.88 Å². The fourth-order valence-corrected chi connectivity index (χ4v) is 3.37. The Hall–Kier alpha value is -3.60. The SMILES string of the molecule is CC(=O)OCC(=O)NCc1cccc(-n2c(C)nc(OCc3ccc(F)cc3F)c(Br)c2=O)c1. The van der Waals surface area contributed by atoms with Crippen molar-refractivity contribution in [1.82, 2.24) is 14.9 Å². The van der Waals surface area contributed by atoms with E-state index in [2.05, 4.69) is 31.0 Å². The molecule has 3 rings (SSSR count). The number of esters is 1. The molecule has 34 heavy (non-hydrogen) atoms. The first kappa shape index (κ1) is 25.0. The molecule has 2 aromatic carbocycles. The number of halogens is 3. The normalized spacial score (nSPS) is 10.6. The predicted molar refractivity (Wildman–Crippen MR) is 121 cm³/mol. The van der Waals surface area contributed by atoms with Gasteiger partial charge in [0.15, 0.2) is 6.61 Å². The molecule has 1 aromatic heterocycles. The van der Waals surface area contributed by atoms with Crippen LogP contribution < -0.4 is 15.6 Å². The number of aromatic nitrogens is 2. The zero-order valence-electron chi connectivity index (χ0n) is 18.2. The van der Waals surface area contributed by atoms with Crippen molar-refractivity contribution in [2.45, 2.75) is 27.0 Å². The molecule has 8 nitrogen and oxygen atoms in total. The molecule has 178 valence electrons. The van der Waals surface area contributed by atoms with Gasteiger partial charge in [-0.05, 0) is 52.7 Å². The summed E-state index contributed by atoms with van der Waals surface area (Å²) < 4.78 is 38.5. The molecule has 0 atom stereocenters. The third-order valence-corrected chi connectivity index (χ3v) is 5.29. The molecule has 0 aliphatic rings. The van der Waals surface area contributed by atoms with E-state index in [0.717, 1.165) is 12.1 Å². The van der Waals surface area contributed by atoms with Gasteiger partial charge in [-0.2, -0.15) is 4.98 Å². The molecule has 1 N–H and O–H groups in total. The van der Waals surface area contributed by atoms with Gasteiger partial charge in [-0.15, -0.1) is 0 Å². The Morgan fingerprint density at radius 1 is 1.18 bits per heavy atom. The molecule has 0 spiro atoms. The highest BCUT2D eigenvalue weighted by Crippen LogP contribution is 2.22. The van der Waals surface area contributed by atoms with Crippen molar-refractivity contribution in [2.24, 2.45) is 0 Å². The number of hydrogen-bond acceptors (Lipinski definition) is 6. The van der Waals surface area contributed by atoms with Crippen LogP contribution in [0, 0.1) is 18.6 Å². The van der Waals surface area contributed by atoms with Gasteiger partial charge in [-0.25, -0.2) is 8.78 Å². The zero-order valence-corrected chi connectivity index (χ0v) is 19.8. The molecule has 0 saturated heterocycles. The van der Waals surface area contributed by atoms with E-state index in [9.17, 15) is 23.2 Å². The van der Waals surface area contributed by atoms with Crippen molar-refractivity contribution in [1.29, 1.82) is 0 Å². The van der Waals surface area contributed by atoms with Gasteiger partial charge in [-0.1, -0.05) is 12.1 Å². The second-order valence-corrected chi connectivity index (χ2v) is 7.96. The predicted octanol–water partition coefficient (Wildman–Crippen LogP) is 3.34. The van der Waals surface area contributed by atoms with E-state index >= 15 is 0 Å². The Balaban J connectivity index is 1.78. The van der Waals surface area contributed by atoms with E-state index in [1.807, 2.05) is 0 Å². The zero-order chi connectivity index (χ0) is 24.8. The summed E-state index contributed by atoms with van der Waals surface area (Å²) in [5.41, 5.74) is 0.847. The smallest absolute Gasteiger partial charge is 0.303 e. The van der Waals surface area contributed by atoms with Crippen molar-refractivity contribution in [3.05, 3.63) is 85.9 Å². The van der Waals surface area contributed by atoms with Gasteiger partial charge in [-0.3, -0.25) is 19.0 Å². The number of carbonyl (C=O) groups is 2. The Bertz CT molecular complexity index is 1300. The van der Waals surface area contributed by atoms with Crippen LogP contribution in [0.4, 0.5) is 8.78 Å². The molecule has 0 radical (unpaired) electrons. The third kappa shape index (κ3) is 6.25. The van der Waals surface area contributed by atoms with Gasteiger partial charge in [0.25, 0.3) is 11.5 Å². The molecule has 0 saturated carbocycles. The van der Waals surface area contributed by atoms with E-state index in [4.69, 9.17) is 4.74 Å². The number of benzene rings is 2. The Morgan fingerprint density at radius 2 is 1.94 bits per heavy atom. The van der Waals surface area contributed by atoms with Crippen molar-refractivity contribution in [2.75, 3.05) is 6.61 Å². The standard InChI is InChI=1S/C23H20BrF2N3O5/c1-13-28-22(34-11-16-6-7-17(25)9-19(16)26)21(24)23(32)29(13)18-5-3-4-15(8-18)10-27-20(31)12-33-14(2)30/h3-9H,10-12H2,1-2H3,(H,27,31). The molecule has 0 bridgehead atoms. The molecule has 1 heterocycles. The lowest BCUT2D eigenvalue weighted by atomic mass is 10.2. The van der Waals surface area contributed by atoms with Gasteiger partial charge in [0.1, 0.15) is 28.5 Å². The van der Waals surface area contributed by atoms with Crippen molar-refractivity contribution in [3.8, 4) is 11.6 Å². The largest absolute Gasteiger partial charge is 0.472 e. The maximum atomic E-state index is 13.9. The number of nitrogens with one attached hydrogen (secondary N) is 1. The first-order chi connectivity index (χ1) is 16.2. The minimum Gasteiger partial charge on any atom is -0.472 e. The quantitative estimate of drug-likeness (QED) is 0.444. The molecule has 0 aliphatic heterocycles. The molecule has 1 amide bonds. The van der Waals surface area contributed by atoms with Crippen LogP contribution in [0.25, 0.3) is 5.69 Å². The monoisotopic (exact) mass is 535 g/mol. The minimum absolute atomic E-state index is 0.0284. The first-order valence-corrected chi connectivity index (χ1v) is 10.8. The molecule has 0 fully saturated rings. The highest BCUT2D eigenvalue weighted by atomic mass is 79.9. The maximum absolute atomic E-state index is 13.9. The minimum atomic E-state index is -0.766. The molecule has 3 aromatic rings. The van der Waals surface area contributed by atoms with Crippen LogP contribution in [-0.2, 0) is 27.5 Å². The van der Waals surface area contributed by atoms with E-state index in [1.54, 1.807) is 31.2 Å². The van der Waals surface area contributed by atoms with Gasteiger partial charge in [0.05, 0.1) is 5.69 Å². The number of ether oxygens (including phenoxy) is 2. The lowest BCUT2D eigenvalue weighted by Gasteiger charge is -2.14. The maximum Gasteiger partial charge on any atom is 0.303 e. The number of nitrogens with zero attached hydrogens (tertiary/aromatic N) is 2. The summed E-state index contributed by atoms with van der Waals surface area (Å²) in [7, 11) is 0. The molecule has 11 heteroatoms. The molecule has 0 unspecified atom stereocenters. The van der Waals surface area contributed by atoms with Gasteiger partial charge >= 0.3 is 5.97 Å². The van der Waals surface area contributed by atoms with Crippen LogP contribution in [0.2, 0.25) is 0 Å². The summed E-state index contributed by atoms with van der Waals surface area (Å²) in [5.74, 6) is -2.21. The number of aryl methyl sites for hydroxylation is 1. The number of hydrogen-bond donors (Lipinski definition) is 1. The van der Waals surface area contributed by atoms with Crippen molar-refractivity contribution < 1.29 is 27.8 Å². The van der Waals surface area contributed by atoms with Gasteiger partial charge < -0.3 is 14.8 Å². The highest BCUT2D eigenvalue weighted by Gasteiger charge is 2.16. The van der Waals surface area contributed by atoms with Gasteiger partial charge in [0.2, 0.25) is 5.88 Å². The van der Waals surface area contributed by atoms with Gasteiger partial charge in [0, 0.05) is 25.1 Å². The summed E-state index contributed by atoms with van der Waals surface area (Å²) in [5, 5.41) is 2.62. The number of carbonyl (C=O) groups excluding carboxylic acids is 2. The lowest BCUT2D eigenvalue weighted by molar-refractivity contribution is -0.146. The van der Waals surface area contributed by atoms with Crippen LogP contribution in [0.1, 0.15) is 23.9 Å². The second kappa shape index (κ2) is 11.0. The Labute approximate surface area is 201 Å². The topological polar surface area (TPSA) is 99.5 Å². The summed E-state index contributed by atoms with van der Waals surface area (Å²) >= 11 is 3.19. The number of amides is 1. The Morgan fingerprint density at radius 3 is 2.65 bits per heavy atom. The Kier molecular flexibility index (Phi) is 8.11. The lowest BCUT2D eigenvalue weighted by Crippen LogP contribution is -2.28. The molecule has 0 aliphatic carbocycles. The molecular weight excluding hydrogens is 516 g/mol. The average Bonchev–Trinajstić information content (AvgIpc) is 2.79. The summed E-state index contributed by atoms with van der Waals surface area (Å²) in [4.78, 5) is 39.9. The number of rotatable bonds is 8. The van der Waals surface area contributed by atoms with Crippen molar-refractivity contribution >= 4 is 27.8 Å². The summed E-state index contributed by atoms with van der Waals surface area (Å²) in [6.07, 6.45) is 0. The summed E-state index contributed by atoms with van der Waals surface area (Å²) in [6, 6.07) is 9.97. The van der Waals surface area contributed by atoms with Crippen LogP contribution in [-0.4, -0.2) is 28.0 Å². The van der Waals surface area contributed by atoms with Crippen molar-refractivity contribution in [3.63, 3.8) is 0 Å². The van der Waals surface area contributed by atoms with E-state index < -0.39 is 29.1 Å². The second-order valence-electron chi connectivity index (χ2n) is 7.17. The highest BCUT2D eigenvalue weighted by molar-refractivity contribution is 9.10. The van der Waals surface area contributed by atoms with Crippen LogP contribution in [0.15, 0.2) is 51.7 Å². The summed E-state index contributed by atoms with van der Waals surface area (Å²) in [6.45, 7) is 2.34. The molecular formula is C23H20BrF2N3O5. The third-order valence-electron chi connectivity index (χ3n) is 4.61.